The van der Waals surface area contributed by atoms with Crippen LogP contribution in [0.1, 0.15) is 16.7 Å². The Morgan fingerprint density at radius 2 is 1.53 bits per heavy atom. The van der Waals surface area contributed by atoms with Gasteiger partial charge in [0.1, 0.15) is 0 Å². The highest BCUT2D eigenvalue weighted by Crippen LogP contribution is 2.12. The fraction of sp³-hybridized carbons (Fsp3) is 0.200. The fourth-order valence-corrected chi connectivity index (χ4v) is 3.09. The number of hydrogen-bond donors (Lipinski definition) is 0. The third kappa shape index (κ3) is 3.53. The zero-order chi connectivity index (χ0) is 12.1. The number of aryl methyl sites for hydroxylation is 1. The van der Waals surface area contributed by atoms with Gasteiger partial charge in [0.2, 0.25) is 0 Å². The van der Waals surface area contributed by atoms with Crippen molar-refractivity contribution in [1.29, 1.82) is 0 Å². The van der Waals surface area contributed by atoms with Crippen LogP contribution in [0.4, 0.5) is 0 Å². The normalized spacial score (nSPS) is 12.3. The van der Waals surface area contributed by atoms with Crippen molar-refractivity contribution >= 4 is 10.8 Å². The summed E-state index contributed by atoms with van der Waals surface area (Å²) in [5, 5.41) is 0. The lowest BCUT2D eigenvalue weighted by atomic mass is 10.1. The first-order valence-corrected chi connectivity index (χ1v) is 7.18. The average molecular weight is 244 g/mol. The van der Waals surface area contributed by atoms with Gasteiger partial charge in [0, 0.05) is 22.3 Å². The summed E-state index contributed by atoms with van der Waals surface area (Å²) in [6, 6.07) is 18.1. The molecule has 0 aliphatic heterocycles. The molecule has 0 bridgehead atoms. The predicted octanol–water partition coefficient (Wildman–Crippen LogP) is 3.44. The van der Waals surface area contributed by atoms with E-state index in [0.29, 0.717) is 11.5 Å². The molecule has 0 saturated carbocycles. The summed E-state index contributed by atoms with van der Waals surface area (Å²) >= 11 is 0. The largest absolute Gasteiger partial charge is 0.259 e. The van der Waals surface area contributed by atoms with Crippen LogP contribution in [0, 0.1) is 6.92 Å². The predicted molar refractivity (Wildman–Crippen MR) is 73.2 cm³/mol. The van der Waals surface area contributed by atoms with Gasteiger partial charge in [-0.25, -0.2) is 0 Å². The van der Waals surface area contributed by atoms with Gasteiger partial charge in [0.25, 0.3) is 0 Å². The molecular weight excluding hydrogens is 228 g/mol. The van der Waals surface area contributed by atoms with Crippen molar-refractivity contribution in [2.75, 3.05) is 0 Å². The molecule has 0 saturated heterocycles. The van der Waals surface area contributed by atoms with Gasteiger partial charge in [-0.05, 0) is 23.6 Å². The molecule has 0 heterocycles. The maximum atomic E-state index is 12.0. The van der Waals surface area contributed by atoms with Crippen molar-refractivity contribution in [3.05, 3.63) is 71.3 Å². The Labute approximate surface area is 105 Å². The molecule has 0 radical (unpaired) electrons. The quantitative estimate of drug-likeness (QED) is 0.805. The van der Waals surface area contributed by atoms with Crippen LogP contribution in [0.25, 0.3) is 0 Å². The molecular formula is C15H16OS. The van der Waals surface area contributed by atoms with Crippen molar-refractivity contribution in [3.63, 3.8) is 0 Å². The Morgan fingerprint density at radius 3 is 2.24 bits per heavy atom. The van der Waals surface area contributed by atoms with Gasteiger partial charge in [-0.15, -0.1) is 0 Å². The monoisotopic (exact) mass is 244 g/mol. The van der Waals surface area contributed by atoms with Gasteiger partial charge in [0.15, 0.2) is 0 Å². The van der Waals surface area contributed by atoms with Crippen LogP contribution in [0.5, 0.6) is 0 Å². The molecule has 2 rings (SSSR count). The summed E-state index contributed by atoms with van der Waals surface area (Å²) in [5.74, 6) is 1.27. The molecule has 0 amide bonds. The van der Waals surface area contributed by atoms with E-state index in [9.17, 15) is 4.21 Å². The third-order valence-corrected chi connectivity index (χ3v) is 4.04. The van der Waals surface area contributed by atoms with E-state index in [0.717, 1.165) is 5.56 Å². The second-order valence-corrected chi connectivity index (χ2v) is 5.60. The van der Waals surface area contributed by atoms with E-state index in [2.05, 4.69) is 19.1 Å². The molecule has 0 unspecified atom stereocenters. The summed E-state index contributed by atoms with van der Waals surface area (Å²) in [5.41, 5.74) is 3.54. The lowest BCUT2D eigenvalue weighted by Gasteiger charge is -2.05. The van der Waals surface area contributed by atoms with Gasteiger partial charge in [-0.1, -0.05) is 54.6 Å². The lowest BCUT2D eigenvalue weighted by Crippen LogP contribution is -2.00. The molecule has 0 aromatic heterocycles. The molecule has 17 heavy (non-hydrogen) atoms. The highest BCUT2D eigenvalue weighted by molar-refractivity contribution is 7.83. The molecule has 2 aromatic carbocycles. The zero-order valence-electron chi connectivity index (χ0n) is 9.93. The van der Waals surface area contributed by atoms with Crippen LogP contribution >= 0.6 is 0 Å². The molecule has 0 aliphatic rings. The minimum Gasteiger partial charge on any atom is -0.259 e. The highest BCUT2D eigenvalue weighted by Gasteiger charge is 2.04. The topological polar surface area (TPSA) is 17.1 Å². The Balaban J connectivity index is 2.01. The second kappa shape index (κ2) is 5.78. The molecule has 0 fully saturated rings. The first-order chi connectivity index (χ1) is 8.25. The summed E-state index contributed by atoms with van der Waals surface area (Å²) in [6.07, 6.45) is 0. The average Bonchev–Trinajstić information content (AvgIpc) is 2.33. The zero-order valence-corrected chi connectivity index (χ0v) is 10.7. The molecule has 1 atom stereocenters. The second-order valence-electron chi connectivity index (χ2n) is 4.14. The molecule has 2 aromatic rings. The molecule has 2 heteroatoms. The maximum absolute atomic E-state index is 12.0. The van der Waals surface area contributed by atoms with E-state index >= 15 is 0 Å². The van der Waals surface area contributed by atoms with Crippen LogP contribution in [0.3, 0.4) is 0 Å². The number of benzene rings is 2. The molecule has 88 valence electrons. The molecule has 0 spiro atoms. The smallest absolute Gasteiger partial charge is 0.0491 e. The molecule has 0 N–H and O–H groups in total. The van der Waals surface area contributed by atoms with Crippen LogP contribution in [-0.4, -0.2) is 4.21 Å². The number of hydrogen-bond acceptors (Lipinski definition) is 1. The summed E-state index contributed by atoms with van der Waals surface area (Å²) in [4.78, 5) is 0. The van der Waals surface area contributed by atoms with Gasteiger partial charge in [-0.3, -0.25) is 4.21 Å². The van der Waals surface area contributed by atoms with Crippen LogP contribution in [0.15, 0.2) is 54.6 Å². The van der Waals surface area contributed by atoms with Gasteiger partial charge in [0.05, 0.1) is 0 Å². The van der Waals surface area contributed by atoms with Crippen molar-refractivity contribution in [2.45, 2.75) is 18.4 Å². The summed E-state index contributed by atoms with van der Waals surface area (Å²) < 4.78 is 12.0. The molecule has 1 nitrogen and oxygen atoms in total. The van der Waals surface area contributed by atoms with Gasteiger partial charge in [-0.2, -0.15) is 0 Å². The van der Waals surface area contributed by atoms with Gasteiger partial charge < -0.3 is 0 Å². The summed E-state index contributed by atoms with van der Waals surface area (Å²) in [6.45, 7) is 2.06. The van der Waals surface area contributed by atoms with E-state index < -0.39 is 10.8 Å². The van der Waals surface area contributed by atoms with E-state index in [1.807, 2.05) is 42.5 Å². The van der Waals surface area contributed by atoms with Crippen molar-refractivity contribution in [3.8, 4) is 0 Å². The van der Waals surface area contributed by atoms with Crippen molar-refractivity contribution < 1.29 is 4.21 Å². The van der Waals surface area contributed by atoms with Gasteiger partial charge >= 0.3 is 0 Å². The lowest BCUT2D eigenvalue weighted by molar-refractivity contribution is 0.682. The Hall–Kier alpha value is -1.41. The van der Waals surface area contributed by atoms with Crippen LogP contribution in [0.2, 0.25) is 0 Å². The Morgan fingerprint density at radius 1 is 0.882 bits per heavy atom. The highest BCUT2D eigenvalue weighted by atomic mass is 32.2. The maximum Gasteiger partial charge on any atom is 0.0491 e. The van der Waals surface area contributed by atoms with Crippen LogP contribution in [-0.2, 0) is 22.3 Å². The van der Waals surface area contributed by atoms with E-state index in [-0.39, 0.29) is 0 Å². The van der Waals surface area contributed by atoms with Crippen molar-refractivity contribution in [1.82, 2.24) is 0 Å². The first-order valence-electron chi connectivity index (χ1n) is 5.69. The Kier molecular flexibility index (Phi) is 4.10. The standard InChI is InChI=1S/C15H16OS/c1-13-7-5-6-10-15(13)12-17(16)11-14-8-3-2-4-9-14/h2-10H,11-12H2,1H3/t17-/m1/s1. The minimum atomic E-state index is -0.832. The SMILES string of the molecule is Cc1ccccc1C[S@](=O)Cc1ccccc1. The van der Waals surface area contributed by atoms with E-state index in [4.69, 9.17) is 0 Å². The third-order valence-electron chi connectivity index (χ3n) is 2.75. The summed E-state index contributed by atoms with van der Waals surface area (Å²) in [7, 11) is -0.832. The number of rotatable bonds is 4. The van der Waals surface area contributed by atoms with Crippen molar-refractivity contribution in [2.24, 2.45) is 0 Å². The first kappa shape index (κ1) is 12.1. The fourth-order valence-electron chi connectivity index (χ4n) is 1.76. The Bertz CT molecular complexity index is 505. The van der Waals surface area contributed by atoms with E-state index in [1.165, 1.54) is 11.1 Å². The molecule has 0 aliphatic carbocycles. The van der Waals surface area contributed by atoms with E-state index in [1.54, 1.807) is 0 Å². The minimum absolute atomic E-state index is 0.634. The van der Waals surface area contributed by atoms with Crippen LogP contribution < -0.4 is 0 Å².